The third-order valence-electron chi connectivity index (χ3n) is 0.729. The van der Waals surface area contributed by atoms with E-state index in [4.69, 9.17) is 0 Å². The molecule has 8 heavy (non-hydrogen) atoms. The highest BCUT2D eigenvalue weighted by Gasteiger charge is 1.98. The smallest absolute Gasteiger partial charge is 0.255 e. The number of hydrogen-bond donors (Lipinski definition) is 1. The van der Waals surface area contributed by atoms with Crippen LogP contribution in [0, 0.1) is 0 Å². The van der Waals surface area contributed by atoms with E-state index in [0.29, 0.717) is 6.54 Å². The topological polar surface area (TPSA) is 20.3 Å². The molecule has 2 nitrogen and oxygen atoms in total. The monoisotopic (exact) mass is 131 g/mol. The van der Waals surface area contributed by atoms with E-state index in [1.54, 1.807) is 0 Å². The maximum Gasteiger partial charge on any atom is 0.255 e. The summed E-state index contributed by atoms with van der Waals surface area (Å²) in [5.74, 6) is -0.157. The quantitative estimate of drug-likeness (QED) is 0.435. The van der Waals surface area contributed by atoms with Crippen molar-refractivity contribution in [3.05, 3.63) is 12.7 Å². The summed E-state index contributed by atoms with van der Waals surface area (Å²) in [5, 5.41) is 0. The minimum absolute atomic E-state index is 0.157. The first-order valence-corrected chi connectivity index (χ1v) is 2.75. The summed E-state index contributed by atoms with van der Waals surface area (Å²) >= 11 is 3.82. The lowest BCUT2D eigenvalue weighted by atomic mass is 10.6. The molecule has 0 spiro atoms. The normalized spacial score (nSPS) is 8.25. The number of amides is 1. The highest BCUT2D eigenvalue weighted by molar-refractivity contribution is 7.78. The van der Waals surface area contributed by atoms with Gasteiger partial charge in [0.2, 0.25) is 0 Å². The van der Waals surface area contributed by atoms with E-state index in [0.717, 1.165) is 0 Å². The predicted octanol–water partition coefficient (Wildman–Crippen LogP) is 0.866. The minimum Gasteiger partial charge on any atom is -0.286 e. The van der Waals surface area contributed by atoms with Crippen LogP contribution in [-0.4, -0.2) is 16.8 Å². The second kappa shape index (κ2) is 3.55. The van der Waals surface area contributed by atoms with E-state index in [1.807, 2.05) is 6.92 Å². The van der Waals surface area contributed by atoms with Crippen molar-refractivity contribution < 1.29 is 4.79 Å². The van der Waals surface area contributed by atoms with Crippen LogP contribution in [0.5, 0.6) is 0 Å². The predicted molar refractivity (Wildman–Crippen MR) is 36.6 cm³/mol. The first-order valence-electron chi connectivity index (χ1n) is 2.35. The number of likely N-dealkylation sites (N-methyl/N-ethyl adjacent to an activating group) is 1. The molecule has 0 aliphatic rings. The molecule has 0 bridgehead atoms. The van der Waals surface area contributed by atoms with Gasteiger partial charge in [0.25, 0.3) is 5.91 Å². The van der Waals surface area contributed by atoms with E-state index in [2.05, 4.69) is 19.4 Å². The Bertz CT molecular complexity index is 103. The molecule has 0 radical (unpaired) electrons. The minimum atomic E-state index is -0.157. The first kappa shape index (κ1) is 7.56. The number of carbonyl (C=O) groups is 1. The average Bonchev–Trinajstić information content (AvgIpc) is 1.84. The van der Waals surface area contributed by atoms with Crippen molar-refractivity contribution in [2.45, 2.75) is 6.92 Å². The Morgan fingerprint density at radius 3 is 2.62 bits per heavy atom. The highest BCUT2D eigenvalue weighted by Crippen LogP contribution is 1.91. The van der Waals surface area contributed by atoms with Crippen molar-refractivity contribution >= 4 is 18.7 Å². The van der Waals surface area contributed by atoms with Gasteiger partial charge in [0.05, 0.1) is 0 Å². The van der Waals surface area contributed by atoms with E-state index >= 15 is 0 Å². The molecular weight excluding hydrogens is 122 g/mol. The summed E-state index contributed by atoms with van der Waals surface area (Å²) in [6.07, 6.45) is 1.23. The largest absolute Gasteiger partial charge is 0.286 e. The van der Waals surface area contributed by atoms with Gasteiger partial charge in [0, 0.05) is 6.54 Å². The fourth-order valence-corrected chi connectivity index (χ4v) is 0.343. The van der Waals surface area contributed by atoms with Gasteiger partial charge in [-0.1, -0.05) is 19.4 Å². The molecule has 0 heterocycles. The molecule has 46 valence electrons. The Hall–Kier alpha value is -0.440. The fraction of sp³-hybridized carbons (Fsp3) is 0.400. The molecule has 0 saturated carbocycles. The SMILES string of the molecule is C=CC(=O)N(S)CC. The van der Waals surface area contributed by atoms with E-state index in [1.165, 1.54) is 10.4 Å². The lowest BCUT2D eigenvalue weighted by molar-refractivity contribution is -0.120. The molecule has 0 aliphatic carbocycles. The molecule has 0 atom stereocenters. The lowest BCUT2D eigenvalue weighted by Crippen LogP contribution is -2.17. The number of hydrogen-bond acceptors (Lipinski definition) is 2. The van der Waals surface area contributed by atoms with Gasteiger partial charge in [-0.25, -0.2) is 0 Å². The molecule has 0 rings (SSSR count). The fourth-order valence-electron chi connectivity index (χ4n) is 0.261. The standard InChI is InChI=1S/C5H9NOS/c1-3-5(7)6(8)4-2/h3,8H,1,4H2,2H3. The lowest BCUT2D eigenvalue weighted by Gasteiger charge is -2.07. The molecule has 3 heteroatoms. The summed E-state index contributed by atoms with van der Waals surface area (Å²) in [5.41, 5.74) is 0. The average molecular weight is 131 g/mol. The molecule has 0 aromatic rings. The summed E-state index contributed by atoms with van der Waals surface area (Å²) in [6, 6.07) is 0. The molecule has 0 saturated heterocycles. The number of thiol groups is 1. The number of nitrogens with zero attached hydrogens (tertiary/aromatic N) is 1. The molecule has 0 unspecified atom stereocenters. The zero-order valence-electron chi connectivity index (χ0n) is 4.79. The van der Waals surface area contributed by atoms with Crippen LogP contribution < -0.4 is 0 Å². The molecular formula is C5H9NOS. The Morgan fingerprint density at radius 2 is 2.50 bits per heavy atom. The number of carbonyl (C=O) groups excluding carboxylic acids is 1. The molecule has 0 N–H and O–H groups in total. The van der Waals surface area contributed by atoms with Gasteiger partial charge < -0.3 is 0 Å². The van der Waals surface area contributed by atoms with Gasteiger partial charge in [-0.3, -0.25) is 9.10 Å². The Kier molecular flexibility index (Phi) is 3.35. The van der Waals surface area contributed by atoms with Crippen molar-refractivity contribution in [2.75, 3.05) is 6.54 Å². The maximum atomic E-state index is 10.5. The van der Waals surface area contributed by atoms with Gasteiger partial charge in [0.15, 0.2) is 0 Å². The van der Waals surface area contributed by atoms with Crippen LogP contribution in [0.25, 0.3) is 0 Å². The van der Waals surface area contributed by atoms with Crippen molar-refractivity contribution in [1.29, 1.82) is 0 Å². The summed E-state index contributed by atoms with van der Waals surface area (Å²) < 4.78 is 1.28. The van der Waals surface area contributed by atoms with Crippen LogP contribution in [0.4, 0.5) is 0 Å². The zero-order chi connectivity index (χ0) is 6.57. The van der Waals surface area contributed by atoms with Gasteiger partial charge in [-0.15, -0.1) is 0 Å². The Balaban J connectivity index is 3.62. The highest BCUT2D eigenvalue weighted by atomic mass is 32.1. The molecule has 1 amide bonds. The van der Waals surface area contributed by atoms with Crippen LogP contribution in [0.3, 0.4) is 0 Å². The van der Waals surface area contributed by atoms with Crippen LogP contribution in [0.1, 0.15) is 6.92 Å². The van der Waals surface area contributed by atoms with Crippen LogP contribution in [0.15, 0.2) is 12.7 Å². The van der Waals surface area contributed by atoms with E-state index in [9.17, 15) is 4.79 Å². The van der Waals surface area contributed by atoms with Crippen LogP contribution in [-0.2, 0) is 4.79 Å². The molecule has 0 aliphatic heterocycles. The third kappa shape index (κ3) is 2.02. The van der Waals surface area contributed by atoms with Crippen molar-refractivity contribution in [2.24, 2.45) is 0 Å². The summed E-state index contributed by atoms with van der Waals surface area (Å²) in [6.45, 7) is 5.74. The van der Waals surface area contributed by atoms with E-state index in [-0.39, 0.29) is 5.91 Å². The first-order chi connectivity index (χ1) is 3.72. The second-order valence-corrected chi connectivity index (χ2v) is 1.74. The Morgan fingerprint density at radius 1 is 2.00 bits per heavy atom. The van der Waals surface area contributed by atoms with Crippen LogP contribution in [0.2, 0.25) is 0 Å². The van der Waals surface area contributed by atoms with Crippen molar-refractivity contribution in [3.63, 3.8) is 0 Å². The van der Waals surface area contributed by atoms with Gasteiger partial charge >= 0.3 is 0 Å². The summed E-state index contributed by atoms with van der Waals surface area (Å²) in [4.78, 5) is 10.5. The third-order valence-corrected chi connectivity index (χ3v) is 1.21. The number of rotatable bonds is 2. The van der Waals surface area contributed by atoms with Gasteiger partial charge in [0.1, 0.15) is 0 Å². The molecule has 0 fully saturated rings. The molecule has 0 aromatic heterocycles. The Labute approximate surface area is 54.7 Å². The summed E-state index contributed by atoms with van der Waals surface area (Å²) in [7, 11) is 0. The van der Waals surface area contributed by atoms with Crippen LogP contribution >= 0.6 is 12.8 Å². The van der Waals surface area contributed by atoms with Crippen molar-refractivity contribution in [3.8, 4) is 0 Å². The zero-order valence-corrected chi connectivity index (χ0v) is 5.69. The maximum absolute atomic E-state index is 10.5. The molecule has 0 aromatic carbocycles. The second-order valence-electron chi connectivity index (χ2n) is 1.26. The van der Waals surface area contributed by atoms with E-state index < -0.39 is 0 Å². The van der Waals surface area contributed by atoms with Gasteiger partial charge in [-0.05, 0) is 13.0 Å². The van der Waals surface area contributed by atoms with Gasteiger partial charge in [-0.2, -0.15) is 0 Å². The van der Waals surface area contributed by atoms with Crippen molar-refractivity contribution in [1.82, 2.24) is 4.31 Å².